The molecule has 0 aliphatic carbocycles. The van der Waals surface area contributed by atoms with Crippen molar-refractivity contribution in [3.8, 4) is 0 Å². The molecule has 1 atom stereocenters. The first-order chi connectivity index (χ1) is 9.24. The molecule has 0 saturated carbocycles. The molecule has 0 aromatic carbocycles. The van der Waals surface area contributed by atoms with E-state index in [9.17, 15) is 4.57 Å². The van der Waals surface area contributed by atoms with Crippen LogP contribution in [0.5, 0.6) is 0 Å². The van der Waals surface area contributed by atoms with E-state index in [4.69, 9.17) is 14.2 Å². The second-order valence-corrected chi connectivity index (χ2v) is 5.25. The number of ether oxygens (including phenoxy) is 3. The van der Waals surface area contributed by atoms with Crippen molar-refractivity contribution in [1.82, 2.24) is 0 Å². The van der Waals surface area contributed by atoms with Gasteiger partial charge >= 0.3 is 14.4 Å². The van der Waals surface area contributed by atoms with Gasteiger partial charge in [0.1, 0.15) is 0 Å². The molecule has 0 amide bonds. The van der Waals surface area contributed by atoms with E-state index >= 15 is 0 Å². The van der Waals surface area contributed by atoms with Crippen LogP contribution in [-0.2, 0) is 18.8 Å². The summed E-state index contributed by atoms with van der Waals surface area (Å²) >= 11 is 0. The van der Waals surface area contributed by atoms with Gasteiger partial charge in [0.05, 0.1) is 19.8 Å². The van der Waals surface area contributed by atoms with Gasteiger partial charge in [-0.25, -0.2) is 0 Å². The molecule has 0 fully saturated rings. The highest BCUT2D eigenvalue weighted by Gasteiger charge is 2.37. The summed E-state index contributed by atoms with van der Waals surface area (Å²) < 4.78 is 28.3. The minimum Gasteiger partial charge on any atom is -0.324 e. The Labute approximate surface area is 119 Å². The van der Waals surface area contributed by atoms with Gasteiger partial charge in [0.2, 0.25) is 6.16 Å². The van der Waals surface area contributed by atoms with E-state index in [1.54, 1.807) is 0 Å². The van der Waals surface area contributed by atoms with Gasteiger partial charge in [0.15, 0.2) is 0 Å². The van der Waals surface area contributed by atoms with Crippen LogP contribution in [0.15, 0.2) is 0 Å². The van der Waals surface area contributed by atoms with Gasteiger partial charge in [0, 0.05) is 0 Å². The molecular weight excluding hydrogens is 263 g/mol. The zero-order chi connectivity index (χ0) is 14.4. The van der Waals surface area contributed by atoms with Gasteiger partial charge in [-0.15, -0.1) is 0 Å². The predicted octanol–water partition coefficient (Wildman–Crippen LogP) is 4.11. The molecule has 0 rings (SSSR count). The quantitative estimate of drug-likeness (QED) is 0.274. The van der Waals surface area contributed by atoms with E-state index in [1.165, 1.54) is 0 Å². The molecule has 0 spiro atoms. The summed E-state index contributed by atoms with van der Waals surface area (Å²) in [4.78, 5) is 0. The maximum atomic E-state index is 11.0. The van der Waals surface area contributed by atoms with E-state index in [1.807, 2.05) is 0 Å². The van der Waals surface area contributed by atoms with E-state index in [0.717, 1.165) is 38.5 Å². The maximum absolute atomic E-state index is 11.0. The Morgan fingerprint density at radius 1 is 0.789 bits per heavy atom. The third-order valence-corrected chi connectivity index (χ3v) is 3.33. The lowest BCUT2D eigenvalue weighted by Gasteiger charge is -2.29. The van der Waals surface area contributed by atoms with Crippen molar-refractivity contribution in [2.24, 2.45) is 0 Å². The summed E-state index contributed by atoms with van der Waals surface area (Å²) in [5.41, 5.74) is 0. The molecule has 0 heterocycles. The Kier molecular flexibility index (Phi) is 13.0. The number of hydrogen-bond donors (Lipinski definition) is 0. The molecule has 114 valence electrons. The summed E-state index contributed by atoms with van der Waals surface area (Å²) in [6, 6.07) is 0. The highest BCUT2D eigenvalue weighted by atomic mass is 31.1. The molecule has 0 aromatic rings. The molecule has 0 aromatic heterocycles. The van der Waals surface area contributed by atoms with Crippen molar-refractivity contribution in [3.63, 3.8) is 0 Å². The summed E-state index contributed by atoms with van der Waals surface area (Å²) in [6.07, 6.45) is 6.32. The average Bonchev–Trinajstić information content (AvgIpc) is 2.40. The molecule has 0 aliphatic rings. The molecule has 5 heteroatoms. The standard InChI is InChI=1S/C14H29O4P/c1-4-7-10-16-14(13-19-15,17-11-8-5-2)18-12-9-6-3/h4-13H2,1-3H3/p+1. The van der Waals surface area contributed by atoms with E-state index in [0.29, 0.717) is 19.8 Å². The van der Waals surface area contributed by atoms with Crippen LogP contribution in [0.3, 0.4) is 0 Å². The molecule has 4 nitrogen and oxygen atoms in total. The lowest BCUT2D eigenvalue weighted by Crippen LogP contribution is -2.42. The fourth-order valence-corrected chi connectivity index (χ4v) is 1.97. The third kappa shape index (κ3) is 9.50. The molecule has 0 radical (unpaired) electrons. The van der Waals surface area contributed by atoms with Gasteiger partial charge in [-0.1, -0.05) is 44.6 Å². The zero-order valence-electron chi connectivity index (χ0n) is 12.7. The van der Waals surface area contributed by atoms with Crippen LogP contribution in [0.25, 0.3) is 0 Å². The molecule has 19 heavy (non-hydrogen) atoms. The Morgan fingerprint density at radius 2 is 1.16 bits per heavy atom. The second kappa shape index (κ2) is 13.0. The van der Waals surface area contributed by atoms with Crippen molar-refractivity contribution in [1.29, 1.82) is 0 Å². The topological polar surface area (TPSA) is 44.8 Å². The van der Waals surface area contributed by atoms with Crippen LogP contribution in [0.1, 0.15) is 59.3 Å². The second-order valence-electron chi connectivity index (χ2n) is 4.61. The Hall–Kier alpha value is -0.0200. The number of unbranched alkanes of at least 4 members (excludes halogenated alkanes) is 3. The van der Waals surface area contributed by atoms with Crippen LogP contribution in [0, 0.1) is 0 Å². The Bertz CT molecular complexity index is 185. The minimum absolute atomic E-state index is 0.282. The lowest BCUT2D eigenvalue weighted by atomic mass is 10.3. The van der Waals surface area contributed by atoms with E-state index in [2.05, 4.69) is 20.8 Å². The molecule has 1 unspecified atom stereocenters. The largest absolute Gasteiger partial charge is 0.333 e. The molecule has 0 aliphatic heterocycles. The summed E-state index contributed by atoms with van der Waals surface area (Å²) in [5, 5.41) is 0. The SMILES string of the molecule is CCCCOC(C[PH+]=O)(OCCCC)OCCCC. The fourth-order valence-electron chi connectivity index (χ4n) is 1.48. The van der Waals surface area contributed by atoms with Gasteiger partial charge in [-0.05, 0) is 19.3 Å². The Morgan fingerprint density at radius 3 is 1.42 bits per heavy atom. The maximum Gasteiger partial charge on any atom is 0.333 e. The van der Waals surface area contributed by atoms with Crippen molar-refractivity contribution >= 4 is 8.46 Å². The smallest absolute Gasteiger partial charge is 0.324 e. The van der Waals surface area contributed by atoms with Gasteiger partial charge < -0.3 is 14.2 Å². The van der Waals surface area contributed by atoms with Crippen LogP contribution >= 0.6 is 8.46 Å². The first-order valence-corrected chi connectivity index (χ1v) is 8.63. The molecular formula is C14H30O4P+. The van der Waals surface area contributed by atoms with Crippen molar-refractivity contribution in [2.45, 2.75) is 65.3 Å². The van der Waals surface area contributed by atoms with Crippen molar-refractivity contribution in [3.05, 3.63) is 0 Å². The van der Waals surface area contributed by atoms with Gasteiger partial charge in [-0.2, -0.15) is 0 Å². The first kappa shape index (κ1) is 19.0. The summed E-state index contributed by atoms with van der Waals surface area (Å²) in [6.45, 7) is 8.07. The lowest BCUT2D eigenvalue weighted by molar-refractivity contribution is -0.367. The zero-order valence-corrected chi connectivity index (χ0v) is 13.7. The monoisotopic (exact) mass is 293 g/mol. The van der Waals surface area contributed by atoms with Gasteiger partial charge in [0.25, 0.3) is 0 Å². The highest BCUT2D eigenvalue weighted by Crippen LogP contribution is 2.22. The highest BCUT2D eigenvalue weighted by molar-refractivity contribution is 7.23. The summed E-state index contributed by atoms with van der Waals surface area (Å²) in [7, 11) is -0.480. The molecule has 0 bridgehead atoms. The number of rotatable bonds is 14. The Balaban J connectivity index is 4.42. The average molecular weight is 293 g/mol. The van der Waals surface area contributed by atoms with Crippen LogP contribution in [0.4, 0.5) is 0 Å². The normalized spacial score (nSPS) is 12.2. The summed E-state index contributed by atoms with van der Waals surface area (Å²) in [5.74, 6) is -1.10. The third-order valence-electron chi connectivity index (χ3n) is 2.75. The van der Waals surface area contributed by atoms with E-state index < -0.39 is 14.4 Å². The number of hydrogen-bond acceptors (Lipinski definition) is 4. The predicted molar refractivity (Wildman–Crippen MR) is 79.2 cm³/mol. The van der Waals surface area contributed by atoms with Crippen molar-refractivity contribution in [2.75, 3.05) is 26.0 Å². The van der Waals surface area contributed by atoms with Crippen LogP contribution in [0.2, 0.25) is 0 Å². The van der Waals surface area contributed by atoms with Crippen LogP contribution < -0.4 is 0 Å². The van der Waals surface area contributed by atoms with Crippen LogP contribution in [-0.4, -0.2) is 32.0 Å². The van der Waals surface area contributed by atoms with Crippen molar-refractivity contribution < 1.29 is 18.8 Å². The molecule has 0 N–H and O–H groups in total. The minimum atomic E-state index is -1.10. The fraction of sp³-hybridized carbons (Fsp3) is 1.00. The van der Waals surface area contributed by atoms with E-state index in [-0.39, 0.29) is 6.16 Å². The molecule has 0 saturated heterocycles. The van der Waals surface area contributed by atoms with Gasteiger partial charge in [-0.3, -0.25) is 0 Å². The first-order valence-electron chi connectivity index (χ1n) is 7.51.